The molecule has 0 saturated carbocycles. The van der Waals surface area contributed by atoms with Crippen molar-refractivity contribution in [1.82, 2.24) is 0 Å². The van der Waals surface area contributed by atoms with Gasteiger partial charge in [-0.2, -0.15) is 13.2 Å². The molecule has 94 valence electrons. The molecule has 4 nitrogen and oxygen atoms in total. The zero-order valence-corrected chi connectivity index (χ0v) is 9.05. The molecule has 0 aliphatic heterocycles. The Morgan fingerprint density at radius 2 is 1.76 bits per heavy atom. The van der Waals surface area contributed by atoms with E-state index >= 15 is 0 Å². The molecule has 0 amide bonds. The van der Waals surface area contributed by atoms with Crippen LogP contribution in [0.2, 0.25) is 0 Å². The number of carboxylic acids is 1. The van der Waals surface area contributed by atoms with Gasteiger partial charge in [-0.25, -0.2) is 13.2 Å². The normalized spacial score (nSPS) is 12.4. The predicted octanol–water partition coefficient (Wildman–Crippen LogP) is 1.82. The number of alkyl halides is 3. The van der Waals surface area contributed by atoms with Crippen LogP contribution >= 0.6 is 0 Å². The Balaban J connectivity index is 3.18. The van der Waals surface area contributed by atoms with Gasteiger partial charge in [-0.15, -0.1) is 0 Å². The van der Waals surface area contributed by atoms with E-state index in [9.17, 15) is 26.4 Å². The number of halogens is 3. The van der Waals surface area contributed by atoms with Gasteiger partial charge in [0, 0.05) is 0 Å². The van der Waals surface area contributed by atoms with Gasteiger partial charge in [0.1, 0.15) is 0 Å². The van der Waals surface area contributed by atoms with Crippen molar-refractivity contribution in [3.05, 3.63) is 35.4 Å². The summed E-state index contributed by atoms with van der Waals surface area (Å²) in [6.45, 7) is 0. The van der Waals surface area contributed by atoms with E-state index in [-0.39, 0.29) is 0 Å². The van der Waals surface area contributed by atoms with Crippen LogP contribution in [-0.4, -0.2) is 25.0 Å². The number of rotatable bonds is 3. The summed E-state index contributed by atoms with van der Waals surface area (Å²) in [7, 11) is -5.37. The number of hydrogen-bond acceptors (Lipinski definition) is 3. The molecule has 17 heavy (non-hydrogen) atoms. The summed E-state index contributed by atoms with van der Waals surface area (Å²) in [6.07, 6.45) is 0. The molecule has 0 heterocycles. The lowest BCUT2D eigenvalue weighted by molar-refractivity contribution is -0.0437. The van der Waals surface area contributed by atoms with E-state index in [1.54, 1.807) is 0 Å². The highest BCUT2D eigenvalue weighted by atomic mass is 32.2. The van der Waals surface area contributed by atoms with E-state index in [4.69, 9.17) is 5.11 Å². The second-order valence-electron chi connectivity index (χ2n) is 3.17. The van der Waals surface area contributed by atoms with E-state index in [0.717, 1.165) is 12.1 Å². The zero-order valence-electron chi connectivity index (χ0n) is 8.23. The van der Waals surface area contributed by atoms with Crippen LogP contribution in [0.1, 0.15) is 15.9 Å². The first-order chi connectivity index (χ1) is 7.65. The van der Waals surface area contributed by atoms with E-state index in [0.29, 0.717) is 0 Å². The molecule has 0 aliphatic carbocycles. The maximum atomic E-state index is 12.1. The molecule has 0 fully saturated rings. The molecule has 0 bridgehead atoms. The molecule has 1 aromatic carbocycles. The Hall–Kier alpha value is -1.57. The van der Waals surface area contributed by atoms with Gasteiger partial charge in [-0.1, -0.05) is 18.2 Å². The molecule has 8 heteroatoms. The molecule has 0 atom stereocenters. The van der Waals surface area contributed by atoms with Crippen molar-refractivity contribution in [2.24, 2.45) is 0 Å². The van der Waals surface area contributed by atoms with E-state index in [2.05, 4.69) is 0 Å². The molecule has 1 N–H and O–H groups in total. The average molecular weight is 268 g/mol. The summed E-state index contributed by atoms with van der Waals surface area (Å²) in [5.74, 6) is -2.85. The van der Waals surface area contributed by atoms with Gasteiger partial charge in [0.05, 0.1) is 11.3 Å². The van der Waals surface area contributed by atoms with Gasteiger partial charge in [0.15, 0.2) is 0 Å². The van der Waals surface area contributed by atoms with Gasteiger partial charge in [0.25, 0.3) is 9.84 Å². The van der Waals surface area contributed by atoms with Crippen molar-refractivity contribution >= 4 is 15.8 Å². The van der Waals surface area contributed by atoms with Crippen LogP contribution in [0.5, 0.6) is 0 Å². The van der Waals surface area contributed by atoms with Crippen molar-refractivity contribution in [3.8, 4) is 0 Å². The number of carbonyl (C=O) groups is 1. The van der Waals surface area contributed by atoms with Gasteiger partial charge in [-0.05, 0) is 11.6 Å². The topological polar surface area (TPSA) is 71.4 Å². The second kappa shape index (κ2) is 4.36. The molecule has 0 aliphatic rings. The maximum absolute atomic E-state index is 12.1. The van der Waals surface area contributed by atoms with Crippen molar-refractivity contribution in [2.45, 2.75) is 11.3 Å². The molecule has 1 rings (SSSR count). The molecule has 0 aromatic heterocycles. The molecule has 0 saturated heterocycles. The van der Waals surface area contributed by atoms with Crippen LogP contribution in [0, 0.1) is 0 Å². The highest BCUT2D eigenvalue weighted by Gasteiger charge is 2.45. The highest BCUT2D eigenvalue weighted by Crippen LogP contribution is 2.27. The number of aromatic carboxylic acids is 1. The monoisotopic (exact) mass is 268 g/mol. The fraction of sp³-hybridized carbons (Fsp3) is 0.222. The minimum atomic E-state index is -5.39. The Morgan fingerprint density at radius 3 is 2.24 bits per heavy atom. The Bertz CT molecular complexity index is 533. The van der Waals surface area contributed by atoms with Gasteiger partial charge in [0.2, 0.25) is 0 Å². The third-order valence-electron chi connectivity index (χ3n) is 1.95. The van der Waals surface area contributed by atoms with Crippen molar-refractivity contribution in [2.75, 3.05) is 0 Å². The molecular weight excluding hydrogens is 261 g/mol. The summed E-state index contributed by atoms with van der Waals surface area (Å²) in [4.78, 5) is 10.7. The van der Waals surface area contributed by atoms with Crippen molar-refractivity contribution < 1.29 is 31.5 Å². The van der Waals surface area contributed by atoms with E-state index in [1.165, 1.54) is 12.1 Å². The largest absolute Gasteiger partial charge is 0.497 e. The minimum Gasteiger partial charge on any atom is -0.478 e. The molecule has 1 aromatic rings. The molecule has 0 unspecified atom stereocenters. The van der Waals surface area contributed by atoms with E-state index < -0.39 is 38.2 Å². The van der Waals surface area contributed by atoms with E-state index in [1.807, 2.05) is 0 Å². The van der Waals surface area contributed by atoms with Gasteiger partial charge >= 0.3 is 11.5 Å². The van der Waals surface area contributed by atoms with Crippen LogP contribution in [0.25, 0.3) is 0 Å². The first kappa shape index (κ1) is 13.5. The first-order valence-corrected chi connectivity index (χ1v) is 5.90. The lowest BCUT2D eigenvalue weighted by Crippen LogP contribution is -2.25. The quantitative estimate of drug-likeness (QED) is 0.907. The Labute approximate surface area is 94.6 Å². The Kier molecular flexibility index (Phi) is 3.46. The van der Waals surface area contributed by atoms with Crippen LogP contribution in [0.3, 0.4) is 0 Å². The van der Waals surface area contributed by atoms with Crippen LogP contribution < -0.4 is 0 Å². The standard InChI is InChI=1S/C9H7F3O4S/c10-9(11,12)17(15,16)5-6-3-1-2-4-7(6)8(13)14/h1-4H,5H2,(H,13,14). The summed E-state index contributed by atoms with van der Waals surface area (Å²) in [5, 5.41) is 8.69. The number of sulfone groups is 1. The number of carboxylic acid groups (broad SMARTS) is 1. The lowest BCUT2D eigenvalue weighted by Gasteiger charge is -2.09. The SMILES string of the molecule is O=C(O)c1ccccc1CS(=O)(=O)C(F)(F)F. The summed E-state index contributed by atoms with van der Waals surface area (Å²) < 4.78 is 58.1. The lowest BCUT2D eigenvalue weighted by atomic mass is 10.1. The van der Waals surface area contributed by atoms with Crippen LogP contribution in [0.15, 0.2) is 24.3 Å². The number of benzene rings is 1. The summed E-state index contributed by atoms with van der Waals surface area (Å²) >= 11 is 0. The minimum absolute atomic E-state index is 0.391. The zero-order chi connectivity index (χ0) is 13.3. The third-order valence-corrected chi connectivity index (χ3v) is 3.34. The third kappa shape index (κ3) is 2.96. The van der Waals surface area contributed by atoms with Crippen LogP contribution in [0.4, 0.5) is 13.2 Å². The fourth-order valence-corrected chi connectivity index (χ4v) is 1.97. The van der Waals surface area contributed by atoms with Gasteiger partial charge < -0.3 is 5.11 Å². The molecular formula is C9H7F3O4S. The first-order valence-electron chi connectivity index (χ1n) is 4.25. The predicted molar refractivity (Wildman–Crippen MR) is 52.1 cm³/mol. The smallest absolute Gasteiger partial charge is 0.478 e. The van der Waals surface area contributed by atoms with Crippen LogP contribution in [-0.2, 0) is 15.6 Å². The Morgan fingerprint density at radius 1 is 1.24 bits per heavy atom. The summed E-state index contributed by atoms with van der Waals surface area (Å²) in [5.41, 5.74) is -6.24. The molecule has 0 spiro atoms. The van der Waals surface area contributed by atoms with Crippen molar-refractivity contribution in [3.63, 3.8) is 0 Å². The second-order valence-corrected chi connectivity index (χ2v) is 5.15. The maximum Gasteiger partial charge on any atom is 0.497 e. The molecule has 0 radical (unpaired) electrons. The highest BCUT2D eigenvalue weighted by molar-refractivity contribution is 7.91. The number of hydrogen-bond donors (Lipinski definition) is 1. The average Bonchev–Trinajstić information content (AvgIpc) is 2.15. The van der Waals surface area contributed by atoms with Gasteiger partial charge in [-0.3, -0.25) is 0 Å². The van der Waals surface area contributed by atoms with Crippen molar-refractivity contribution in [1.29, 1.82) is 0 Å². The fourth-order valence-electron chi connectivity index (χ4n) is 1.14. The summed E-state index contributed by atoms with van der Waals surface area (Å²) in [6, 6.07) is 4.65.